The van der Waals surface area contributed by atoms with Gasteiger partial charge >= 0.3 is 11.9 Å². The Morgan fingerprint density at radius 3 is 2.00 bits per heavy atom. The molecular weight excluding hydrogens is 280 g/mol. The van der Waals surface area contributed by atoms with Crippen molar-refractivity contribution in [3.63, 3.8) is 0 Å². The van der Waals surface area contributed by atoms with E-state index in [1.165, 1.54) is 5.54 Å². The smallest absolute Gasteiger partial charge is 0.324 e. The van der Waals surface area contributed by atoms with Crippen molar-refractivity contribution in [2.75, 3.05) is 13.2 Å². The van der Waals surface area contributed by atoms with Crippen LogP contribution in [0, 0.1) is 5.92 Å². The van der Waals surface area contributed by atoms with E-state index in [4.69, 9.17) is 21.1 Å². The molecule has 5 heteroatoms. The topological polar surface area (TPSA) is 52.6 Å². The van der Waals surface area contributed by atoms with Crippen LogP contribution in [0.4, 0.5) is 0 Å². The number of hydrogen-bond donors (Lipinski definition) is 0. The number of ether oxygens (including phenoxy) is 2. The summed E-state index contributed by atoms with van der Waals surface area (Å²) in [6.07, 6.45) is 0. The standard InChI is InChI=1S/C15H17ClO4/c1-3-19-14(17)13(15(18)20-4-2)12(10-16)11-8-6-5-7-9-11/h5-10,13H,3-4H2,1-2H3/b12-10+. The van der Waals surface area contributed by atoms with Gasteiger partial charge in [-0.2, -0.15) is 0 Å². The fraction of sp³-hybridized carbons (Fsp3) is 0.333. The molecule has 0 amide bonds. The molecule has 0 unspecified atom stereocenters. The van der Waals surface area contributed by atoms with Crippen LogP contribution in [0.1, 0.15) is 19.4 Å². The predicted molar refractivity (Wildman–Crippen MR) is 77.0 cm³/mol. The SMILES string of the molecule is CCOC(=O)C(C(=O)OCC)/C(=C/Cl)c1ccccc1. The van der Waals surface area contributed by atoms with Crippen LogP contribution in [0.5, 0.6) is 0 Å². The van der Waals surface area contributed by atoms with Crippen molar-refractivity contribution in [1.82, 2.24) is 0 Å². The molecule has 0 spiro atoms. The molecule has 0 radical (unpaired) electrons. The lowest BCUT2D eigenvalue weighted by Crippen LogP contribution is -2.29. The lowest BCUT2D eigenvalue weighted by molar-refractivity contribution is -0.158. The minimum absolute atomic E-state index is 0.180. The Labute approximate surface area is 123 Å². The minimum Gasteiger partial charge on any atom is -0.465 e. The first kappa shape index (κ1) is 16.2. The maximum Gasteiger partial charge on any atom is 0.324 e. The van der Waals surface area contributed by atoms with Gasteiger partial charge in [-0.25, -0.2) is 0 Å². The molecule has 0 saturated carbocycles. The average molecular weight is 297 g/mol. The van der Waals surface area contributed by atoms with Gasteiger partial charge in [-0.3, -0.25) is 9.59 Å². The number of carbonyl (C=O) groups is 2. The largest absolute Gasteiger partial charge is 0.465 e. The number of benzene rings is 1. The molecule has 1 aromatic rings. The van der Waals surface area contributed by atoms with Crippen LogP contribution in [0.15, 0.2) is 35.9 Å². The zero-order valence-electron chi connectivity index (χ0n) is 11.5. The molecular formula is C15H17ClO4. The first-order valence-electron chi connectivity index (χ1n) is 6.34. The molecule has 1 aromatic carbocycles. The fourth-order valence-electron chi connectivity index (χ4n) is 1.72. The van der Waals surface area contributed by atoms with Gasteiger partial charge in [0.1, 0.15) is 0 Å². The van der Waals surface area contributed by atoms with E-state index in [-0.39, 0.29) is 13.2 Å². The Morgan fingerprint density at radius 2 is 1.60 bits per heavy atom. The normalized spacial score (nSPS) is 11.3. The van der Waals surface area contributed by atoms with Gasteiger partial charge in [0.2, 0.25) is 0 Å². The van der Waals surface area contributed by atoms with E-state index >= 15 is 0 Å². The van der Waals surface area contributed by atoms with Crippen LogP contribution < -0.4 is 0 Å². The number of hydrogen-bond acceptors (Lipinski definition) is 4. The lowest BCUT2D eigenvalue weighted by Gasteiger charge is -2.17. The molecule has 0 aliphatic heterocycles. The van der Waals surface area contributed by atoms with Gasteiger partial charge in [-0.05, 0) is 25.0 Å². The molecule has 0 heterocycles. The molecule has 0 aliphatic carbocycles. The van der Waals surface area contributed by atoms with Crippen LogP contribution in [0.2, 0.25) is 0 Å². The highest BCUT2D eigenvalue weighted by atomic mass is 35.5. The molecule has 4 nitrogen and oxygen atoms in total. The van der Waals surface area contributed by atoms with Crippen molar-refractivity contribution in [2.45, 2.75) is 13.8 Å². The maximum absolute atomic E-state index is 12.0. The minimum atomic E-state index is -1.17. The van der Waals surface area contributed by atoms with Crippen LogP contribution in [-0.2, 0) is 19.1 Å². The zero-order chi connectivity index (χ0) is 15.0. The molecule has 0 aliphatic rings. The van der Waals surface area contributed by atoms with E-state index in [0.29, 0.717) is 11.1 Å². The quantitative estimate of drug-likeness (QED) is 0.598. The highest BCUT2D eigenvalue weighted by molar-refractivity contribution is 6.29. The van der Waals surface area contributed by atoms with Crippen molar-refractivity contribution in [3.8, 4) is 0 Å². The molecule has 0 saturated heterocycles. The first-order chi connectivity index (χ1) is 9.65. The molecule has 0 fully saturated rings. The van der Waals surface area contributed by atoms with Gasteiger partial charge in [0.05, 0.1) is 13.2 Å². The summed E-state index contributed by atoms with van der Waals surface area (Å²) in [5.41, 5.74) is 2.26. The predicted octanol–water partition coefficient (Wildman–Crippen LogP) is 3.01. The Bertz CT molecular complexity index is 464. The average Bonchev–Trinajstić information content (AvgIpc) is 2.45. The van der Waals surface area contributed by atoms with Crippen LogP contribution in [-0.4, -0.2) is 25.2 Å². The van der Waals surface area contributed by atoms with Gasteiger partial charge in [-0.15, -0.1) is 0 Å². The third-order valence-electron chi connectivity index (χ3n) is 2.58. The number of esters is 2. The first-order valence-corrected chi connectivity index (χ1v) is 6.78. The van der Waals surface area contributed by atoms with Crippen molar-refractivity contribution >= 4 is 29.1 Å². The van der Waals surface area contributed by atoms with Crippen LogP contribution in [0.25, 0.3) is 5.57 Å². The van der Waals surface area contributed by atoms with E-state index in [1.807, 2.05) is 6.07 Å². The molecule has 1 rings (SSSR count). The van der Waals surface area contributed by atoms with E-state index in [0.717, 1.165) is 0 Å². The second-order valence-electron chi connectivity index (χ2n) is 3.87. The molecule has 0 atom stereocenters. The Balaban J connectivity index is 3.14. The van der Waals surface area contributed by atoms with Gasteiger partial charge in [0.15, 0.2) is 5.92 Å². The van der Waals surface area contributed by atoms with Gasteiger partial charge < -0.3 is 9.47 Å². The highest BCUT2D eigenvalue weighted by Gasteiger charge is 2.33. The second kappa shape index (κ2) is 8.38. The highest BCUT2D eigenvalue weighted by Crippen LogP contribution is 2.27. The molecule has 0 N–H and O–H groups in total. The third kappa shape index (κ3) is 4.10. The monoisotopic (exact) mass is 296 g/mol. The van der Waals surface area contributed by atoms with Crippen molar-refractivity contribution in [3.05, 3.63) is 41.4 Å². The summed E-state index contributed by atoms with van der Waals surface area (Å²) in [5.74, 6) is -2.50. The van der Waals surface area contributed by atoms with E-state index in [2.05, 4.69) is 0 Å². The fourth-order valence-corrected chi connectivity index (χ4v) is 1.98. The molecule has 108 valence electrons. The number of rotatable bonds is 6. The van der Waals surface area contributed by atoms with Crippen molar-refractivity contribution < 1.29 is 19.1 Å². The summed E-state index contributed by atoms with van der Waals surface area (Å²) in [6.45, 7) is 3.71. The van der Waals surface area contributed by atoms with Crippen LogP contribution >= 0.6 is 11.6 Å². The van der Waals surface area contributed by atoms with Crippen LogP contribution in [0.3, 0.4) is 0 Å². The number of halogens is 1. The van der Waals surface area contributed by atoms with Gasteiger partial charge in [0.25, 0.3) is 0 Å². The van der Waals surface area contributed by atoms with Crippen molar-refractivity contribution in [1.29, 1.82) is 0 Å². The van der Waals surface area contributed by atoms with Crippen molar-refractivity contribution in [2.24, 2.45) is 5.92 Å². The van der Waals surface area contributed by atoms with E-state index < -0.39 is 17.9 Å². The lowest BCUT2D eigenvalue weighted by atomic mass is 9.94. The third-order valence-corrected chi connectivity index (χ3v) is 2.82. The number of carbonyl (C=O) groups excluding carboxylic acids is 2. The Hall–Kier alpha value is -1.81. The van der Waals surface area contributed by atoms with Gasteiger partial charge in [-0.1, -0.05) is 41.9 Å². The Kier molecular flexibility index (Phi) is 6.81. The molecule has 0 bridgehead atoms. The molecule has 0 aromatic heterocycles. The summed E-state index contributed by atoms with van der Waals surface area (Å²) in [4.78, 5) is 24.0. The molecule has 20 heavy (non-hydrogen) atoms. The second-order valence-corrected chi connectivity index (χ2v) is 4.09. The zero-order valence-corrected chi connectivity index (χ0v) is 12.2. The summed E-state index contributed by atoms with van der Waals surface area (Å²) < 4.78 is 9.87. The van der Waals surface area contributed by atoms with E-state index in [9.17, 15) is 9.59 Å². The summed E-state index contributed by atoms with van der Waals surface area (Å²) in [5, 5.41) is 0. The maximum atomic E-state index is 12.0. The summed E-state index contributed by atoms with van der Waals surface area (Å²) in [6, 6.07) is 8.95. The summed E-state index contributed by atoms with van der Waals surface area (Å²) in [7, 11) is 0. The van der Waals surface area contributed by atoms with Gasteiger partial charge in [0, 0.05) is 5.54 Å². The van der Waals surface area contributed by atoms with E-state index in [1.54, 1.807) is 38.1 Å². The Morgan fingerprint density at radius 1 is 1.10 bits per heavy atom. The summed E-state index contributed by atoms with van der Waals surface area (Å²) >= 11 is 5.81.